The van der Waals surface area contributed by atoms with E-state index in [1.807, 2.05) is 11.6 Å². The first-order valence-corrected chi connectivity index (χ1v) is 4.11. The van der Waals surface area contributed by atoms with Crippen LogP contribution >= 0.6 is 11.6 Å². The summed E-state index contributed by atoms with van der Waals surface area (Å²) in [6.45, 7) is 0. The maximum absolute atomic E-state index is 9.10. The van der Waals surface area contributed by atoms with Gasteiger partial charge in [-0.25, -0.2) is 11.6 Å². The van der Waals surface area contributed by atoms with E-state index in [1.54, 1.807) is 0 Å². The molecule has 0 bridgehead atoms. The van der Waals surface area contributed by atoms with E-state index in [9.17, 15) is 0 Å². The number of hydrogen-bond donors (Lipinski definition) is 1. The van der Waals surface area contributed by atoms with Crippen molar-refractivity contribution in [1.29, 1.82) is 0 Å². The van der Waals surface area contributed by atoms with Gasteiger partial charge in [-0.15, -0.1) is 12.3 Å². The lowest BCUT2D eigenvalue weighted by atomic mass is 9.74. The van der Waals surface area contributed by atoms with Crippen LogP contribution in [-0.4, -0.2) is 22.9 Å². The maximum Gasteiger partial charge on any atom is 0.220 e. The average molecular weight is 140 g/mol. The Morgan fingerprint density at radius 3 is 3.00 bits per heavy atom. The summed E-state index contributed by atoms with van der Waals surface area (Å²) < 4.78 is 0. The molecule has 0 amide bonds. The van der Waals surface area contributed by atoms with Crippen LogP contribution < -0.4 is 0 Å². The fourth-order valence-corrected chi connectivity index (χ4v) is 1.36. The Hall–Kier alpha value is -0.0651. The molecule has 0 radical (unpaired) electrons. The second-order valence-electron chi connectivity index (χ2n) is 2.25. The SMILES string of the molecule is C#CCC(O)CB1CS1. The minimum atomic E-state index is -0.255. The van der Waals surface area contributed by atoms with Gasteiger partial charge in [-0.1, -0.05) is 0 Å². The molecule has 0 aliphatic carbocycles. The molecule has 1 rings (SSSR count). The molecular weight excluding hydrogens is 131 g/mol. The van der Waals surface area contributed by atoms with Gasteiger partial charge in [0.15, 0.2) is 0 Å². The number of rotatable bonds is 3. The zero-order valence-corrected chi connectivity index (χ0v) is 6.03. The first-order valence-electron chi connectivity index (χ1n) is 3.06. The highest BCUT2D eigenvalue weighted by Gasteiger charge is 2.29. The highest BCUT2D eigenvalue weighted by Crippen LogP contribution is 2.30. The van der Waals surface area contributed by atoms with E-state index in [0.29, 0.717) is 12.4 Å². The standard InChI is InChI=1S/C6H9BOS/c1-2-3-6(8)4-7-5-9-7/h1,6,8H,3-5H2. The van der Waals surface area contributed by atoms with Crippen LogP contribution in [0.2, 0.25) is 6.32 Å². The Labute approximate surface area is 60.2 Å². The lowest BCUT2D eigenvalue weighted by Gasteiger charge is -2.00. The molecule has 1 aliphatic heterocycles. The molecule has 1 unspecified atom stereocenters. The van der Waals surface area contributed by atoms with E-state index in [4.69, 9.17) is 11.5 Å². The molecule has 0 aromatic heterocycles. The highest BCUT2D eigenvalue weighted by atomic mass is 32.2. The normalized spacial score (nSPS) is 18.9. The molecule has 48 valence electrons. The van der Waals surface area contributed by atoms with Gasteiger partial charge >= 0.3 is 0 Å². The van der Waals surface area contributed by atoms with E-state index in [0.717, 1.165) is 6.32 Å². The van der Waals surface area contributed by atoms with Gasteiger partial charge in [0.2, 0.25) is 5.99 Å². The molecule has 0 aromatic carbocycles. The second-order valence-corrected chi connectivity index (χ2v) is 3.59. The topological polar surface area (TPSA) is 20.2 Å². The van der Waals surface area contributed by atoms with Gasteiger partial charge in [0.25, 0.3) is 0 Å². The minimum Gasteiger partial charge on any atom is -0.393 e. The van der Waals surface area contributed by atoms with Crippen LogP contribution in [0.1, 0.15) is 6.42 Å². The lowest BCUT2D eigenvalue weighted by Crippen LogP contribution is -2.08. The van der Waals surface area contributed by atoms with E-state index >= 15 is 0 Å². The molecule has 1 saturated heterocycles. The number of aliphatic hydroxyl groups is 1. The van der Waals surface area contributed by atoms with Crippen molar-refractivity contribution in [3.63, 3.8) is 0 Å². The maximum atomic E-state index is 9.10. The molecule has 1 heterocycles. The molecule has 0 spiro atoms. The molecule has 1 aliphatic rings. The van der Waals surface area contributed by atoms with E-state index in [2.05, 4.69) is 5.92 Å². The predicted octanol–water partition coefficient (Wildman–Crippen LogP) is 0.648. The van der Waals surface area contributed by atoms with Crippen LogP contribution in [0.15, 0.2) is 0 Å². The van der Waals surface area contributed by atoms with Crippen molar-refractivity contribution in [3.05, 3.63) is 0 Å². The molecule has 3 heteroatoms. The molecule has 1 atom stereocenters. The van der Waals surface area contributed by atoms with Crippen molar-refractivity contribution >= 4 is 17.6 Å². The summed E-state index contributed by atoms with van der Waals surface area (Å²) in [5.41, 5.74) is 1.21. The average Bonchev–Trinajstić information content (AvgIpc) is 2.50. The van der Waals surface area contributed by atoms with Crippen molar-refractivity contribution in [2.24, 2.45) is 0 Å². The highest BCUT2D eigenvalue weighted by molar-refractivity contribution is 8.38. The van der Waals surface area contributed by atoms with Gasteiger partial charge in [0.05, 0.1) is 6.10 Å². The summed E-state index contributed by atoms with van der Waals surface area (Å²) in [7, 11) is 0. The molecular formula is C6H9BOS. The van der Waals surface area contributed by atoms with Gasteiger partial charge in [-0.05, 0) is 12.0 Å². The van der Waals surface area contributed by atoms with Crippen LogP contribution in [0.5, 0.6) is 0 Å². The van der Waals surface area contributed by atoms with Gasteiger partial charge in [0.1, 0.15) is 0 Å². The van der Waals surface area contributed by atoms with Crippen LogP contribution in [0.3, 0.4) is 0 Å². The zero-order valence-electron chi connectivity index (χ0n) is 5.21. The third-order valence-corrected chi connectivity index (χ3v) is 2.29. The largest absolute Gasteiger partial charge is 0.393 e. The predicted molar refractivity (Wildman–Crippen MR) is 42.5 cm³/mol. The monoisotopic (exact) mass is 140 g/mol. The molecule has 1 nitrogen and oxygen atoms in total. The Morgan fingerprint density at radius 1 is 1.89 bits per heavy atom. The third-order valence-electron chi connectivity index (χ3n) is 1.29. The summed E-state index contributed by atoms with van der Waals surface area (Å²) in [5, 5.41) is 9.10. The van der Waals surface area contributed by atoms with E-state index < -0.39 is 0 Å². The first kappa shape index (κ1) is 7.05. The number of aliphatic hydroxyl groups excluding tert-OH is 1. The Morgan fingerprint density at radius 2 is 2.56 bits per heavy atom. The van der Waals surface area contributed by atoms with E-state index in [-0.39, 0.29) is 6.10 Å². The molecule has 0 aromatic rings. The Bertz CT molecular complexity index is 128. The van der Waals surface area contributed by atoms with Crippen molar-refractivity contribution in [1.82, 2.24) is 0 Å². The number of hydrogen-bond acceptors (Lipinski definition) is 2. The van der Waals surface area contributed by atoms with Gasteiger partial charge < -0.3 is 5.11 Å². The number of terminal acetylenes is 1. The van der Waals surface area contributed by atoms with Crippen molar-refractivity contribution < 1.29 is 5.11 Å². The summed E-state index contributed by atoms with van der Waals surface area (Å²) >= 11 is 1.89. The lowest BCUT2D eigenvalue weighted by molar-refractivity contribution is 0.200. The van der Waals surface area contributed by atoms with Crippen LogP contribution in [0, 0.1) is 12.3 Å². The molecule has 9 heavy (non-hydrogen) atoms. The molecule has 0 saturated carbocycles. The van der Waals surface area contributed by atoms with Crippen molar-refractivity contribution in [2.75, 3.05) is 5.65 Å². The summed E-state index contributed by atoms with van der Waals surface area (Å²) in [6.07, 6.45) is 6.15. The Balaban J connectivity index is 2.03. The van der Waals surface area contributed by atoms with Gasteiger partial charge in [-0.3, -0.25) is 0 Å². The smallest absolute Gasteiger partial charge is 0.220 e. The second kappa shape index (κ2) is 3.19. The van der Waals surface area contributed by atoms with Crippen LogP contribution in [-0.2, 0) is 0 Å². The quantitative estimate of drug-likeness (QED) is 0.352. The van der Waals surface area contributed by atoms with Crippen LogP contribution in [0.4, 0.5) is 0 Å². The van der Waals surface area contributed by atoms with Crippen molar-refractivity contribution in [2.45, 2.75) is 18.8 Å². The molecule has 1 N–H and O–H groups in total. The first-order chi connectivity index (χ1) is 4.33. The zero-order chi connectivity index (χ0) is 6.69. The molecule has 1 fully saturated rings. The van der Waals surface area contributed by atoms with Gasteiger partial charge in [-0.2, -0.15) is 0 Å². The fraction of sp³-hybridized carbons (Fsp3) is 0.667. The van der Waals surface area contributed by atoms with Crippen LogP contribution in [0.25, 0.3) is 0 Å². The summed E-state index contributed by atoms with van der Waals surface area (Å²) in [4.78, 5) is 0. The van der Waals surface area contributed by atoms with Crippen molar-refractivity contribution in [3.8, 4) is 12.3 Å². The van der Waals surface area contributed by atoms with E-state index in [1.165, 1.54) is 5.65 Å². The third kappa shape index (κ3) is 2.83. The van der Waals surface area contributed by atoms with Gasteiger partial charge in [0, 0.05) is 6.42 Å². The Kier molecular flexibility index (Phi) is 2.50. The summed E-state index contributed by atoms with van der Waals surface area (Å²) in [6, 6.07) is 0. The minimum absolute atomic E-state index is 0.255. The fourth-order valence-electron chi connectivity index (χ4n) is 0.727. The summed E-state index contributed by atoms with van der Waals surface area (Å²) in [5.74, 6) is 3.14.